The van der Waals surface area contributed by atoms with Gasteiger partial charge in [-0.1, -0.05) is 6.92 Å². The van der Waals surface area contributed by atoms with E-state index >= 15 is 0 Å². The number of aliphatic hydroxyl groups excluding tert-OH is 2. The molecule has 1 aliphatic heterocycles. The van der Waals surface area contributed by atoms with Crippen LogP contribution in [0.1, 0.15) is 51.2 Å². The van der Waals surface area contributed by atoms with Gasteiger partial charge < -0.3 is 38.6 Å². The fraction of sp³-hybridized carbons (Fsp3) is 0.571. The van der Waals surface area contributed by atoms with Gasteiger partial charge >= 0.3 is 0 Å². The largest absolute Gasteiger partial charge is 0.493 e. The van der Waals surface area contributed by atoms with Crippen LogP contribution in [0.5, 0.6) is 28.7 Å². The molecule has 0 bridgehead atoms. The minimum atomic E-state index is -4.02. The standard InChI is InChI=1S/C28H40O10S/c1-6-11-38-26-23(37-13-8-10-29)14-19(15-24(26)39(31,32)17-18(2)30)25-20(21-9-7-12-36-21)16-22(33-3)27(34-4)28(25)35-5/h14-16,18,21,29-30H,6-13,17H2,1-5H3/t18-,21?/m0/s1. The zero-order valence-electron chi connectivity index (χ0n) is 23.3. The molecule has 218 valence electrons. The van der Waals surface area contributed by atoms with Crippen molar-refractivity contribution < 1.29 is 47.1 Å². The van der Waals surface area contributed by atoms with Gasteiger partial charge in [-0.2, -0.15) is 0 Å². The minimum absolute atomic E-state index is 0.0669. The molecule has 1 unspecified atom stereocenters. The lowest BCUT2D eigenvalue weighted by Crippen LogP contribution is -2.19. The molecule has 2 atom stereocenters. The highest BCUT2D eigenvalue weighted by Crippen LogP contribution is 2.52. The van der Waals surface area contributed by atoms with E-state index in [4.69, 9.17) is 28.4 Å². The van der Waals surface area contributed by atoms with E-state index in [-0.39, 0.29) is 42.3 Å². The number of methoxy groups -OCH3 is 3. The molecule has 39 heavy (non-hydrogen) atoms. The molecular formula is C28H40O10S. The van der Waals surface area contributed by atoms with Gasteiger partial charge in [0.1, 0.15) is 4.90 Å². The van der Waals surface area contributed by atoms with Crippen LogP contribution in [0.15, 0.2) is 23.1 Å². The monoisotopic (exact) mass is 568 g/mol. The summed E-state index contributed by atoms with van der Waals surface area (Å²) < 4.78 is 62.2. The Bertz CT molecular complexity index is 1200. The maximum Gasteiger partial charge on any atom is 0.203 e. The molecule has 2 aromatic rings. The van der Waals surface area contributed by atoms with Crippen LogP contribution in [0.3, 0.4) is 0 Å². The molecule has 2 aromatic carbocycles. The first-order chi connectivity index (χ1) is 18.7. The first-order valence-electron chi connectivity index (χ1n) is 13.1. The molecule has 11 heteroatoms. The molecule has 0 saturated carbocycles. The predicted octanol–water partition coefficient (Wildman–Crippen LogP) is 3.94. The lowest BCUT2D eigenvalue weighted by atomic mass is 9.92. The zero-order chi connectivity index (χ0) is 28.6. The maximum absolute atomic E-state index is 13.6. The number of hydrogen-bond donors (Lipinski definition) is 2. The average molecular weight is 569 g/mol. The number of benzene rings is 2. The van der Waals surface area contributed by atoms with Crippen LogP contribution in [0, 0.1) is 0 Å². The van der Waals surface area contributed by atoms with Crippen LogP contribution in [0.4, 0.5) is 0 Å². The molecule has 1 aliphatic rings. The van der Waals surface area contributed by atoms with E-state index in [1.54, 1.807) is 6.07 Å². The normalized spacial score (nSPS) is 16.1. The Balaban J connectivity index is 2.40. The van der Waals surface area contributed by atoms with Gasteiger partial charge in [0.15, 0.2) is 32.8 Å². The first kappa shape index (κ1) is 30.8. The van der Waals surface area contributed by atoms with Crippen molar-refractivity contribution in [3.63, 3.8) is 0 Å². The third-order valence-corrected chi connectivity index (χ3v) is 8.15. The Morgan fingerprint density at radius 1 is 1.00 bits per heavy atom. The second kappa shape index (κ2) is 14.1. The van der Waals surface area contributed by atoms with Crippen LogP contribution in [-0.4, -0.2) is 78.2 Å². The summed E-state index contributed by atoms with van der Waals surface area (Å²) in [5, 5.41) is 19.3. The first-order valence-corrected chi connectivity index (χ1v) is 14.8. The van der Waals surface area contributed by atoms with Gasteiger partial charge in [-0.15, -0.1) is 0 Å². The van der Waals surface area contributed by atoms with Gasteiger partial charge in [0.25, 0.3) is 0 Å². The highest BCUT2D eigenvalue weighted by atomic mass is 32.2. The predicted molar refractivity (Wildman–Crippen MR) is 146 cm³/mol. The Morgan fingerprint density at radius 3 is 2.31 bits per heavy atom. The summed E-state index contributed by atoms with van der Waals surface area (Å²) in [7, 11) is 0.517. The van der Waals surface area contributed by atoms with Crippen molar-refractivity contribution >= 4 is 9.84 Å². The Hall–Kier alpha value is -2.73. The smallest absolute Gasteiger partial charge is 0.203 e. The van der Waals surface area contributed by atoms with Gasteiger partial charge in [-0.25, -0.2) is 8.42 Å². The molecular weight excluding hydrogens is 528 g/mol. The molecule has 1 fully saturated rings. The molecule has 1 saturated heterocycles. The lowest BCUT2D eigenvalue weighted by molar-refractivity contribution is 0.112. The number of ether oxygens (including phenoxy) is 6. The molecule has 0 aromatic heterocycles. The van der Waals surface area contributed by atoms with Gasteiger partial charge in [0.05, 0.1) is 52.5 Å². The van der Waals surface area contributed by atoms with Crippen molar-refractivity contribution in [1.82, 2.24) is 0 Å². The summed E-state index contributed by atoms with van der Waals surface area (Å²) >= 11 is 0. The summed E-state index contributed by atoms with van der Waals surface area (Å²) in [6.45, 7) is 4.22. The van der Waals surface area contributed by atoms with E-state index in [1.807, 2.05) is 13.0 Å². The van der Waals surface area contributed by atoms with E-state index < -0.39 is 21.7 Å². The molecule has 0 aliphatic carbocycles. The van der Waals surface area contributed by atoms with Gasteiger partial charge in [0.2, 0.25) is 5.75 Å². The van der Waals surface area contributed by atoms with E-state index in [1.165, 1.54) is 34.3 Å². The third-order valence-electron chi connectivity index (χ3n) is 6.25. The summed E-state index contributed by atoms with van der Waals surface area (Å²) in [5.74, 6) is 0.916. The average Bonchev–Trinajstić information content (AvgIpc) is 3.45. The Kier molecular flexibility index (Phi) is 11.1. The summed E-state index contributed by atoms with van der Waals surface area (Å²) in [5.41, 5.74) is 1.80. The van der Waals surface area contributed by atoms with Crippen molar-refractivity contribution in [3.8, 4) is 39.9 Å². The molecule has 0 amide bonds. The van der Waals surface area contributed by atoms with Crippen molar-refractivity contribution in [3.05, 3.63) is 23.8 Å². The Labute approximate surface area is 230 Å². The number of hydrogen-bond acceptors (Lipinski definition) is 10. The van der Waals surface area contributed by atoms with Crippen LogP contribution in [0.2, 0.25) is 0 Å². The van der Waals surface area contributed by atoms with E-state index in [2.05, 4.69) is 0 Å². The van der Waals surface area contributed by atoms with Crippen molar-refractivity contribution in [2.24, 2.45) is 0 Å². The number of rotatable bonds is 15. The lowest BCUT2D eigenvalue weighted by Gasteiger charge is -2.24. The van der Waals surface area contributed by atoms with Gasteiger partial charge in [0, 0.05) is 25.2 Å². The van der Waals surface area contributed by atoms with Crippen molar-refractivity contribution in [2.75, 3.05) is 53.5 Å². The molecule has 2 N–H and O–H groups in total. The number of aliphatic hydroxyl groups is 2. The van der Waals surface area contributed by atoms with Crippen molar-refractivity contribution in [1.29, 1.82) is 0 Å². The number of sulfone groups is 1. The van der Waals surface area contributed by atoms with Crippen LogP contribution >= 0.6 is 0 Å². The fourth-order valence-corrected chi connectivity index (χ4v) is 6.17. The van der Waals surface area contributed by atoms with E-state index in [0.29, 0.717) is 47.8 Å². The summed E-state index contributed by atoms with van der Waals surface area (Å²) in [6, 6.07) is 5.04. The zero-order valence-corrected chi connectivity index (χ0v) is 24.1. The fourth-order valence-electron chi connectivity index (χ4n) is 4.61. The molecule has 10 nitrogen and oxygen atoms in total. The third kappa shape index (κ3) is 7.08. The van der Waals surface area contributed by atoms with E-state index in [0.717, 1.165) is 18.4 Å². The Morgan fingerprint density at radius 2 is 1.74 bits per heavy atom. The maximum atomic E-state index is 13.6. The second-order valence-electron chi connectivity index (χ2n) is 9.32. The van der Waals surface area contributed by atoms with Crippen LogP contribution in [0.25, 0.3) is 11.1 Å². The quantitative estimate of drug-likeness (QED) is 0.305. The summed E-state index contributed by atoms with van der Waals surface area (Å²) in [4.78, 5) is -0.108. The van der Waals surface area contributed by atoms with Gasteiger partial charge in [-0.3, -0.25) is 0 Å². The highest BCUT2D eigenvalue weighted by Gasteiger charge is 2.32. The van der Waals surface area contributed by atoms with Crippen molar-refractivity contribution in [2.45, 2.75) is 56.6 Å². The van der Waals surface area contributed by atoms with Crippen LogP contribution in [-0.2, 0) is 14.6 Å². The SMILES string of the molecule is CCCOc1c(OCCCO)cc(-c2c(C3CCCO3)cc(OC)c(OC)c2OC)cc1S(=O)(=O)C[C@H](C)O. The molecule has 1 heterocycles. The summed E-state index contributed by atoms with van der Waals surface area (Å²) in [6.07, 6.45) is 1.23. The topological polar surface area (TPSA) is 130 Å². The molecule has 0 spiro atoms. The molecule has 0 radical (unpaired) electrons. The second-order valence-corrected chi connectivity index (χ2v) is 11.3. The van der Waals surface area contributed by atoms with Gasteiger partial charge in [-0.05, 0) is 55.5 Å². The van der Waals surface area contributed by atoms with Crippen LogP contribution < -0.4 is 23.7 Å². The molecule has 3 rings (SSSR count). The highest BCUT2D eigenvalue weighted by molar-refractivity contribution is 7.91. The minimum Gasteiger partial charge on any atom is -0.493 e. The van der Waals surface area contributed by atoms with E-state index in [9.17, 15) is 18.6 Å².